The van der Waals surface area contributed by atoms with Crippen LogP contribution in [0.1, 0.15) is 95.6 Å². The van der Waals surface area contributed by atoms with Gasteiger partial charge in [-0.3, -0.25) is 21.3 Å². The van der Waals surface area contributed by atoms with Crippen LogP contribution in [0.5, 0.6) is 11.5 Å². The highest BCUT2D eigenvalue weighted by Crippen LogP contribution is 2.38. The Morgan fingerprint density at radius 2 is 1.13 bits per heavy atom. The highest BCUT2D eigenvalue weighted by atomic mass is 19.4. The lowest BCUT2D eigenvalue weighted by Gasteiger charge is -2.19. The van der Waals surface area contributed by atoms with Gasteiger partial charge in [0.1, 0.15) is 43.0 Å². The van der Waals surface area contributed by atoms with E-state index in [9.17, 15) is 81.6 Å². The zero-order valence-corrected chi connectivity index (χ0v) is 41.8. The molecule has 0 aromatic heterocycles. The van der Waals surface area contributed by atoms with Crippen LogP contribution in [0.4, 0.5) is 26.3 Å². The van der Waals surface area contributed by atoms with Crippen molar-refractivity contribution in [1.29, 1.82) is 0 Å². The second-order valence-electron chi connectivity index (χ2n) is 18.3. The Bertz CT molecular complexity index is 2080. The maximum atomic E-state index is 12.8. The van der Waals surface area contributed by atoms with Crippen molar-refractivity contribution in [1.82, 2.24) is 0 Å². The van der Waals surface area contributed by atoms with Crippen LogP contribution in [-0.4, -0.2) is 122 Å². The molecule has 18 nitrogen and oxygen atoms in total. The fraction of sp³-hybridized carbons (Fsp3) is 0.547. The number of hydrogen-bond acceptors (Lipinski definition) is 13. The molecule has 434 valence electrons. The molecule has 24 heteroatoms. The Balaban J connectivity index is 0.000000630. The van der Waals surface area contributed by atoms with E-state index in [2.05, 4.69) is 10.7 Å². The smallest absolute Gasteiger partial charge is 0.416 e. The molecule has 77 heavy (non-hydrogen) atoms. The van der Waals surface area contributed by atoms with E-state index in [1.807, 2.05) is 24.3 Å². The summed E-state index contributed by atoms with van der Waals surface area (Å²) in [5.74, 6) is -4.35. The SMILES string of the molecule is C.NC(N)=[NH+]CCC[C@H]([NH3+])C(=O)[O-].O=C(O)CCC/C=C\C[C@@H]1[C@@H](/C=C/[C@@H](O)COc2cccc(C(F)(F)F)c2)[C@H](O)C[C@@H]1O.O=C([O-])CCC/C=C\C[C@@H]1[C@@H](/C=C/[C@@H](O)COc2cccc(C(F)(F)F)c2)[C@H](O)C[C@@H]1O. The number of carbonyl (C=O) groups excluding carboxylic acids is 2. The molecular weight excluding hydrogens is 1030 g/mol. The van der Waals surface area contributed by atoms with Crippen molar-refractivity contribution in [2.45, 2.75) is 139 Å². The zero-order chi connectivity index (χ0) is 57.0. The van der Waals surface area contributed by atoms with Gasteiger partial charge in [-0.1, -0.05) is 68.2 Å². The van der Waals surface area contributed by atoms with Gasteiger partial charge in [-0.2, -0.15) is 26.3 Å². The van der Waals surface area contributed by atoms with Gasteiger partial charge in [-0.05, 0) is 99.6 Å². The van der Waals surface area contributed by atoms with E-state index < -0.39 is 95.9 Å². The minimum absolute atomic E-state index is 0. The van der Waals surface area contributed by atoms with E-state index >= 15 is 0 Å². The first-order chi connectivity index (χ1) is 35.7. The van der Waals surface area contributed by atoms with Crippen LogP contribution < -0.4 is 41.9 Å². The van der Waals surface area contributed by atoms with Gasteiger partial charge < -0.3 is 70.8 Å². The number of hydrogen-bond donors (Lipinski definition) is 11. The number of carbonyl (C=O) groups is 3. The van der Waals surface area contributed by atoms with Crippen LogP contribution in [0, 0.1) is 23.7 Å². The van der Waals surface area contributed by atoms with Crippen LogP contribution in [-0.2, 0) is 26.7 Å². The molecule has 11 atom stereocenters. The van der Waals surface area contributed by atoms with Gasteiger partial charge in [0.05, 0.1) is 48.1 Å². The van der Waals surface area contributed by atoms with Gasteiger partial charge in [-0.15, -0.1) is 0 Å². The number of alkyl halides is 6. The maximum absolute atomic E-state index is 12.8. The molecule has 4 rings (SSSR count). The number of aliphatic hydroxyl groups is 6. The van der Waals surface area contributed by atoms with E-state index in [4.69, 9.17) is 26.0 Å². The molecule has 0 radical (unpaired) electrons. The van der Waals surface area contributed by atoms with Gasteiger partial charge in [0.15, 0.2) is 0 Å². The second kappa shape index (κ2) is 35.4. The predicted molar refractivity (Wildman–Crippen MR) is 266 cm³/mol. The number of allylic oxidation sites excluding steroid dienone is 4. The Kier molecular flexibility index (Phi) is 31.7. The molecule has 2 fully saturated rings. The lowest BCUT2D eigenvalue weighted by molar-refractivity contribution is -0.466. The molecule has 2 aliphatic rings. The van der Waals surface area contributed by atoms with Gasteiger partial charge in [0.2, 0.25) is 0 Å². The van der Waals surface area contributed by atoms with Crippen LogP contribution >= 0.6 is 0 Å². The molecule has 0 spiro atoms. The number of nitrogens with one attached hydrogen (secondary N) is 1. The first-order valence-corrected chi connectivity index (χ1v) is 24.6. The van der Waals surface area contributed by atoms with E-state index in [-0.39, 0.29) is 75.6 Å². The van der Waals surface area contributed by atoms with Crippen molar-refractivity contribution in [2.24, 2.45) is 35.1 Å². The van der Waals surface area contributed by atoms with Gasteiger partial charge in [-0.25, -0.2) is 0 Å². The lowest BCUT2D eigenvalue weighted by atomic mass is 9.89. The number of benzene rings is 2. The number of halogens is 6. The summed E-state index contributed by atoms with van der Waals surface area (Å²) >= 11 is 0. The van der Waals surface area contributed by atoms with Gasteiger partial charge in [0.25, 0.3) is 0 Å². The summed E-state index contributed by atoms with van der Waals surface area (Å²) in [6, 6.07) is 8.05. The molecule has 0 bridgehead atoms. The van der Waals surface area contributed by atoms with Crippen molar-refractivity contribution in [3.8, 4) is 11.5 Å². The van der Waals surface area contributed by atoms with Crippen molar-refractivity contribution >= 4 is 23.9 Å². The molecule has 0 amide bonds. The highest BCUT2D eigenvalue weighted by molar-refractivity contribution is 5.69. The first kappa shape index (κ1) is 69.0. The van der Waals surface area contributed by atoms with Crippen LogP contribution in [0.3, 0.4) is 0 Å². The van der Waals surface area contributed by atoms with Crippen LogP contribution in [0.25, 0.3) is 0 Å². The summed E-state index contributed by atoms with van der Waals surface area (Å²) in [4.78, 5) is 33.7. The fourth-order valence-electron chi connectivity index (χ4n) is 8.10. The number of carboxylic acids is 3. The molecule has 0 saturated heterocycles. The third-order valence-corrected chi connectivity index (χ3v) is 12.2. The number of carboxylic acid groups (broad SMARTS) is 3. The Labute approximate surface area is 443 Å². The van der Waals surface area contributed by atoms with E-state index in [0.29, 0.717) is 57.9 Å². The van der Waals surface area contributed by atoms with E-state index in [1.54, 1.807) is 12.2 Å². The molecule has 2 aromatic rings. The van der Waals surface area contributed by atoms with Crippen molar-refractivity contribution in [2.75, 3.05) is 19.8 Å². The number of quaternary nitrogens is 1. The quantitative estimate of drug-likeness (QED) is 0.0195. The largest absolute Gasteiger partial charge is 0.550 e. The standard InChI is InChI=1S/2C23H29F3O6.C6H14N4O2.CH4/c2*24-23(25,26)15-6-5-7-17(12-15)32-14-16(27)10-11-19-18(20(28)13-21(19)29)8-3-1-2-4-9-22(30)31;7-4(5(11)12)2-1-3-10-6(8)9;/h2*1,3,5-7,10-12,16,18-21,27-29H,2,4,8-9,13-14H2,(H,30,31);4H,1-3,7H2,(H,11,12)(H4,8,9,10);1H4/b2*3-1-,11-10+;;/t2*16-,18-,19-,20+,21-;4-;/m110./s1. The van der Waals surface area contributed by atoms with E-state index in [0.717, 1.165) is 24.3 Å². The number of rotatable bonds is 27. The number of ether oxygens (including phenoxy) is 2. The Morgan fingerprint density at radius 1 is 0.701 bits per heavy atom. The number of aliphatic hydroxyl groups excluding tert-OH is 6. The van der Waals surface area contributed by atoms with Crippen LogP contribution in [0.2, 0.25) is 0 Å². The zero-order valence-electron chi connectivity index (χ0n) is 41.8. The minimum Gasteiger partial charge on any atom is -0.550 e. The molecule has 0 heterocycles. The third-order valence-electron chi connectivity index (χ3n) is 12.2. The minimum atomic E-state index is -4.49. The predicted octanol–water partition coefficient (Wildman–Crippen LogP) is 0.903. The summed E-state index contributed by atoms with van der Waals surface area (Å²) in [5, 5.41) is 90.3. The van der Waals surface area contributed by atoms with Crippen molar-refractivity contribution in [3.63, 3.8) is 0 Å². The summed E-state index contributed by atoms with van der Waals surface area (Å²) in [6.07, 6.45) is 3.74. The van der Waals surface area contributed by atoms with Gasteiger partial charge in [0, 0.05) is 43.5 Å². The molecule has 2 saturated carbocycles. The van der Waals surface area contributed by atoms with Crippen molar-refractivity contribution < 1.29 is 107 Å². The Hall–Kier alpha value is -6.02. The first-order valence-electron chi connectivity index (χ1n) is 24.6. The highest BCUT2D eigenvalue weighted by Gasteiger charge is 2.40. The Morgan fingerprint density at radius 3 is 1.51 bits per heavy atom. The van der Waals surface area contributed by atoms with Crippen LogP contribution in [0.15, 0.2) is 97.1 Å². The number of nitrogens with two attached hydrogens (primary N) is 2. The monoisotopic (exact) mass is 1110 g/mol. The molecular formula is C53H76F6N4O14. The number of aliphatic carboxylic acids is 3. The molecule has 15 N–H and O–H groups in total. The van der Waals surface area contributed by atoms with E-state index in [1.165, 1.54) is 36.4 Å². The molecule has 0 unspecified atom stereocenters. The maximum Gasteiger partial charge on any atom is 0.416 e. The van der Waals surface area contributed by atoms with Crippen molar-refractivity contribution in [3.05, 3.63) is 108 Å². The fourth-order valence-corrected chi connectivity index (χ4v) is 8.10. The second-order valence-corrected chi connectivity index (χ2v) is 18.3. The molecule has 2 aliphatic carbocycles. The summed E-state index contributed by atoms with van der Waals surface area (Å²) in [7, 11) is 0. The average Bonchev–Trinajstić information content (AvgIpc) is 3.78. The molecule has 0 aliphatic heterocycles. The lowest BCUT2D eigenvalue weighted by Crippen LogP contribution is -2.78. The molecule has 2 aromatic carbocycles. The summed E-state index contributed by atoms with van der Waals surface area (Å²) < 4.78 is 87.0. The number of unbranched alkanes of at least 4 members (excludes halogenated alkanes) is 2. The normalized spacial score (nSPS) is 22.6. The summed E-state index contributed by atoms with van der Waals surface area (Å²) in [5.41, 5.74) is 11.9. The third kappa shape index (κ3) is 28.3. The van der Waals surface area contributed by atoms with Gasteiger partial charge >= 0.3 is 24.3 Å². The average molecular weight is 1110 g/mol. The topological polar surface area (TPSA) is 351 Å². The number of guanidine groups is 1. The summed E-state index contributed by atoms with van der Waals surface area (Å²) in [6.45, 7) is 0.0190.